The SMILES string of the molecule is CCc1cc2c(cc1C)C13CCCC1(CCC3)c1cc(C)c(CC)cc1-2. The molecule has 3 aliphatic rings. The first-order chi connectivity index (χ1) is 12.6. The molecule has 0 unspecified atom stereocenters. The Morgan fingerprint density at radius 2 is 1.04 bits per heavy atom. The lowest BCUT2D eigenvalue weighted by atomic mass is 9.55. The molecule has 0 aromatic heterocycles. The molecule has 2 fully saturated rings. The third kappa shape index (κ3) is 1.81. The van der Waals surface area contributed by atoms with Crippen molar-refractivity contribution >= 4 is 0 Å². The molecule has 0 aliphatic heterocycles. The van der Waals surface area contributed by atoms with Gasteiger partial charge in [-0.2, -0.15) is 0 Å². The van der Waals surface area contributed by atoms with E-state index in [0.717, 1.165) is 12.8 Å². The van der Waals surface area contributed by atoms with Crippen LogP contribution in [0.4, 0.5) is 0 Å². The topological polar surface area (TPSA) is 0 Å². The van der Waals surface area contributed by atoms with Crippen molar-refractivity contribution in [2.24, 2.45) is 0 Å². The van der Waals surface area contributed by atoms with Crippen LogP contribution in [0.3, 0.4) is 0 Å². The van der Waals surface area contributed by atoms with Gasteiger partial charge in [0.15, 0.2) is 0 Å². The molecule has 136 valence electrons. The first kappa shape index (κ1) is 16.6. The Hall–Kier alpha value is -1.56. The zero-order valence-corrected chi connectivity index (χ0v) is 17.0. The van der Waals surface area contributed by atoms with E-state index in [2.05, 4.69) is 52.0 Å². The summed E-state index contributed by atoms with van der Waals surface area (Å²) in [6, 6.07) is 10.3. The Labute approximate surface area is 159 Å². The average Bonchev–Trinajstić information content (AvgIpc) is 3.19. The van der Waals surface area contributed by atoms with E-state index in [9.17, 15) is 0 Å². The molecule has 0 nitrogen and oxygen atoms in total. The second kappa shape index (κ2) is 5.47. The van der Waals surface area contributed by atoms with Crippen LogP contribution in [-0.4, -0.2) is 0 Å². The van der Waals surface area contributed by atoms with E-state index < -0.39 is 0 Å². The Kier molecular flexibility index (Phi) is 3.49. The molecule has 0 spiro atoms. The molecule has 0 heteroatoms. The molecule has 0 amide bonds. The van der Waals surface area contributed by atoms with Crippen LogP contribution in [0.5, 0.6) is 0 Å². The molecular formula is C26H32. The van der Waals surface area contributed by atoms with Crippen molar-refractivity contribution in [3.8, 4) is 11.1 Å². The summed E-state index contributed by atoms with van der Waals surface area (Å²) < 4.78 is 0. The molecule has 26 heavy (non-hydrogen) atoms. The molecule has 0 atom stereocenters. The largest absolute Gasteiger partial charge is 0.0613 e. The van der Waals surface area contributed by atoms with Crippen LogP contribution in [0.2, 0.25) is 0 Å². The number of fused-ring (bicyclic) bond motifs is 3. The van der Waals surface area contributed by atoms with Gasteiger partial charge in [0.2, 0.25) is 0 Å². The van der Waals surface area contributed by atoms with Crippen molar-refractivity contribution in [1.29, 1.82) is 0 Å². The maximum atomic E-state index is 2.61. The summed E-state index contributed by atoms with van der Waals surface area (Å²) in [6.07, 6.45) is 10.7. The standard InChI is InChI=1S/C26H32/c1-5-19-15-21-22-16-20(6-2)18(4)14-24(22)26-11-7-9-25(26,10-8-12-26)23(21)13-17(19)3/h13-16H,5-12H2,1-4H3. The summed E-state index contributed by atoms with van der Waals surface area (Å²) in [7, 11) is 0. The van der Waals surface area contributed by atoms with Crippen molar-refractivity contribution < 1.29 is 0 Å². The maximum absolute atomic E-state index is 2.61. The van der Waals surface area contributed by atoms with Gasteiger partial charge in [0.25, 0.3) is 0 Å². The van der Waals surface area contributed by atoms with E-state index in [1.807, 2.05) is 0 Å². The summed E-state index contributed by atoms with van der Waals surface area (Å²) in [5.41, 5.74) is 13.5. The van der Waals surface area contributed by atoms with Gasteiger partial charge in [0, 0.05) is 10.8 Å². The summed E-state index contributed by atoms with van der Waals surface area (Å²) in [5, 5.41) is 0. The highest BCUT2D eigenvalue weighted by atomic mass is 14.6. The van der Waals surface area contributed by atoms with E-state index in [0.29, 0.717) is 10.8 Å². The van der Waals surface area contributed by atoms with Crippen LogP contribution in [0.25, 0.3) is 11.1 Å². The van der Waals surface area contributed by atoms with E-state index in [4.69, 9.17) is 0 Å². The lowest BCUT2D eigenvalue weighted by Gasteiger charge is -2.48. The van der Waals surface area contributed by atoms with Gasteiger partial charge in [-0.1, -0.05) is 51.0 Å². The van der Waals surface area contributed by atoms with E-state index in [1.165, 1.54) is 60.8 Å². The second-order valence-electron chi connectivity index (χ2n) is 9.23. The molecule has 2 aromatic carbocycles. The fourth-order valence-corrected chi connectivity index (χ4v) is 7.15. The Bertz CT molecular complexity index is 815. The molecule has 0 saturated heterocycles. The van der Waals surface area contributed by atoms with Gasteiger partial charge < -0.3 is 0 Å². The molecule has 0 N–H and O–H groups in total. The highest BCUT2D eigenvalue weighted by Crippen LogP contribution is 2.69. The van der Waals surface area contributed by atoms with Crippen LogP contribution < -0.4 is 0 Å². The van der Waals surface area contributed by atoms with E-state index >= 15 is 0 Å². The van der Waals surface area contributed by atoms with Gasteiger partial charge in [-0.3, -0.25) is 0 Å². The molecular weight excluding hydrogens is 312 g/mol. The van der Waals surface area contributed by atoms with Gasteiger partial charge in [-0.15, -0.1) is 0 Å². The zero-order valence-electron chi connectivity index (χ0n) is 17.0. The predicted octanol–water partition coefficient (Wildman–Crippen LogP) is 6.95. The predicted molar refractivity (Wildman–Crippen MR) is 111 cm³/mol. The molecule has 2 saturated carbocycles. The van der Waals surface area contributed by atoms with Crippen LogP contribution in [0.1, 0.15) is 85.8 Å². The minimum absolute atomic E-state index is 0.423. The number of aryl methyl sites for hydroxylation is 4. The first-order valence-corrected chi connectivity index (χ1v) is 10.8. The van der Waals surface area contributed by atoms with Gasteiger partial charge in [-0.05, 0) is 96.9 Å². The molecule has 0 radical (unpaired) electrons. The van der Waals surface area contributed by atoms with Crippen molar-refractivity contribution in [1.82, 2.24) is 0 Å². The maximum Gasteiger partial charge on any atom is 0.00563 e. The monoisotopic (exact) mass is 344 g/mol. The zero-order chi connectivity index (χ0) is 18.1. The summed E-state index contributed by atoms with van der Waals surface area (Å²) in [4.78, 5) is 0. The minimum Gasteiger partial charge on any atom is -0.0613 e. The summed E-state index contributed by atoms with van der Waals surface area (Å²) in [5.74, 6) is 0. The van der Waals surface area contributed by atoms with Crippen molar-refractivity contribution in [3.05, 3.63) is 57.6 Å². The van der Waals surface area contributed by atoms with E-state index in [1.54, 1.807) is 22.3 Å². The summed E-state index contributed by atoms with van der Waals surface area (Å²) >= 11 is 0. The third-order valence-electron chi connectivity index (χ3n) is 8.37. The first-order valence-electron chi connectivity index (χ1n) is 10.8. The number of rotatable bonds is 2. The summed E-state index contributed by atoms with van der Waals surface area (Å²) in [6.45, 7) is 9.28. The van der Waals surface area contributed by atoms with Crippen molar-refractivity contribution in [3.63, 3.8) is 0 Å². The van der Waals surface area contributed by atoms with Gasteiger partial charge in [-0.25, -0.2) is 0 Å². The number of benzene rings is 2. The smallest absolute Gasteiger partial charge is 0.00563 e. The van der Waals surface area contributed by atoms with E-state index in [-0.39, 0.29) is 0 Å². The lowest BCUT2D eigenvalue weighted by Crippen LogP contribution is -2.43. The van der Waals surface area contributed by atoms with Crippen LogP contribution in [0, 0.1) is 13.8 Å². The average molecular weight is 345 g/mol. The molecule has 3 aliphatic carbocycles. The molecule has 5 rings (SSSR count). The highest BCUT2D eigenvalue weighted by Gasteiger charge is 2.62. The number of hydrogen-bond acceptors (Lipinski definition) is 0. The normalized spacial score (nSPS) is 28.5. The fourth-order valence-electron chi connectivity index (χ4n) is 7.15. The fraction of sp³-hybridized carbons (Fsp3) is 0.538. The van der Waals surface area contributed by atoms with Crippen LogP contribution >= 0.6 is 0 Å². The third-order valence-corrected chi connectivity index (χ3v) is 8.37. The molecule has 0 heterocycles. The Balaban J connectivity index is 1.91. The Morgan fingerprint density at radius 1 is 0.654 bits per heavy atom. The van der Waals surface area contributed by atoms with Gasteiger partial charge >= 0.3 is 0 Å². The lowest BCUT2D eigenvalue weighted by molar-refractivity contribution is 0.298. The van der Waals surface area contributed by atoms with Crippen LogP contribution in [0.15, 0.2) is 24.3 Å². The Morgan fingerprint density at radius 3 is 1.38 bits per heavy atom. The quantitative estimate of drug-likeness (QED) is 0.553. The molecule has 0 bridgehead atoms. The molecule has 2 aromatic rings. The highest BCUT2D eigenvalue weighted by molar-refractivity contribution is 5.80. The van der Waals surface area contributed by atoms with Crippen molar-refractivity contribution in [2.45, 2.75) is 89.9 Å². The van der Waals surface area contributed by atoms with Crippen molar-refractivity contribution in [2.75, 3.05) is 0 Å². The van der Waals surface area contributed by atoms with Gasteiger partial charge in [0.05, 0.1) is 0 Å². The van der Waals surface area contributed by atoms with Crippen LogP contribution in [-0.2, 0) is 23.7 Å². The minimum atomic E-state index is 0.423. The second-order valence-corrected chi connectivity index (χ2v) is 9.23. The van der Waals surface area contributed by atoms with Gasteiger partial charge in [0.1, 0.15) is 0 Å². The number of hydrogen-bond donors (Lipinski definition) is 0.